The second-order valence-electron chi connectivity index (χ2n) is 7.18. The highest BCUT2D eigenvalue weighted by atomic mass is 35.5. The van der Waals surface area contributed by atoms with Crippen molar-refractivity contribution < 1.29 is 9.72 Å². The first kappa shape index (κ1) is 21.3. The molecule has 1 aromatic heterocycles. The standard InChI is InChI=1S/C24H19ClN4O3/c25-21-10-4-1-8-18(21)15-28-16-19(20-9-3-6-12-23(20)28)14-26-27-24(30)13-17-7-2-5-11-22(17)29(31)32/h1-12,14,16H,13,15H2,(H,27,30)/b26-14+. The van der Waals surface area contributed by atoms with Crippen molar-refractivity contribution in [2.75, 3.05) is 0 Å². The number of rotatable bonds is 7. The van der Waals surface area contributed by atoms with E-state index in [0.29, 0.717) is 17.1 Å². The third-order valence-electron chi connectivity index (χ3n) is 5.05. The fourth-order valence-electron chi connectivity index (χ4n) is 3.54. The maximum atomic E-state index is 12.3. The second kappa shape index (κ2) is 9.45. The second-order valence-corrected chi connectivity index (χ2v) is 7.58. The Bertz CT molecular complexity index is 1330. The molecule has 0 bridgehead atoms. The number of nitrogens with zero attached hydrogens (tertiary/aromatic N) is 3. The summed E-state index contributed by atoms with van der Waals surface area (Å²) in [5.41, 5.74) is 5.54. The Balaban J connectivity index is 1.51. The van der Waals surface area contributed by atoms with Gasteiger partial charge in [-0.2, -0.15) is 5.10 Å². The fourth-order valence-corrected chi connectivity index (χ4v) is 3.74. The SMILES string of the molecule is O=C(Cc1ccccc1[N+](=O)[O-])N/N=C/c1cn(Cc2ccccc2Cl)c2ccccc12. The molecule has 160 valence electrons. The molecule has 4 rings (SSSR count). The first-order chi connectivity index (χ1) is 15.5. The van der Waals surface area contributed by atoms with Crippen LogP contribution in [0.3, 0.4) is 0 Å². The topological polar surface area (TPSA) is 89.5 Å². The molecule has 0 saturated heterocycles. The number of hydrazone groups is 1. The summed E-state index contributed by atoms with van der Waals surface area (Å²) in [7, 11) is 0. The summed E-state index contributed by atoms with van der Waals surface area (Å²) in [5.74, 6) is -0.435. The monoisotopic (exact) mass is 446 g/mol. The number of hydrogen-bond acceptors (Lipinski definition) is 4. The van der Waals surface area contributed by atoms with E-state index in [0.717, 1.165) is 22.0 Å². The summed E-state index contributed by atoms with van der Waals surface area (Å²) in [4.78, 5) is 22.9. The van der Waals surface area contributed by atoms with Gasteiger partial charge < -0.3 is 4.57 Å². The van der Waals surface area contributed by atoms with Crippen molar-refractivity contribution in [2.24, 2.45) is 5.10 Å². The smallest absolute Gasteiger partial charge is 0.273 e. The summed E-state index contributed by atoms with van der Waals surface area (Å²) in [6.45, 7) is 0.595. The lowest BCUT2D eigenvalue weighted by Gasteiger charge is -2.07. The third-order valence-corrected chi connectivity index (χ3v) is 5.42. The van der Waals surface area contributed by atoms with Crippen LogP contribution in [0.2, 0.25) is 5.02 Å². The van der Waals surface area contributed by atoms with Crippen LogP contribution in [-0.4, -0.2) is 21.6 Å². The van der Waals surface area contributed by atoms with E-state index < -0.39 is 10.8 Å². The van der Waals surface area contributed by atoms with Gasteiger partial charge in [0, 0.05) is 45.9 Å². The third kappa shape index (κ3) is 4.68. The molecular formula is C24H19ClN4O3. The Kier molecular flexibility index (Phi) is 6.28. The zero-order chi connectivity index (χ0) is 22.5. The van der Waals surface area contributed by atoms with Gasteiger partial charge in [0.2, 0.25) is 5.91 Å². The molecule has 32 heavy (non-hydrogen) atoms. The highest BCUT2D eigenvalue weighted by Crippen LogP contribution is 2.23. The van der Waals surface area contributed by atoms with Crippen LogP contribution in [0.1, 0.15) is 16.7 Å². The Hall–Kier alpha value is -3.97. The van der Waals surface area contributed by atoms with Crippen LogP contribution in [-0.2, 0) is 17.8 Å². The van der Waals surface area contributed by atoms with Gasteiger partial charge in [-0.05, 0) is 17.7 Å². The highest BCUT2D eigenvalue weighted by molar-refractivity contribution is 6.31. The summed E-state index contributed by atoms with van der Waals surface area (Å²) in [5, 5.41) is 16.9. The molecule has 0 aliphatic carbocycles. The maximum absolute atomic E-state index is 12.3. The number of fused-ring (bicyclic) bond motifs is 1. The minimum atomic E-state index is -0.500. The normalized spacial score (nSPS) is 11.2. The fraction of sp³-hybridized carbons (Fsp3) is 0.0833. The van der Waals surface area contributed by atoms with Gasteiger partial charge in [0.05, 0.1) is 17.6 Å². The molecule has 0 aliphatic rings. The number of carbonyl (C=O) groups is 1. The van der Waals surface area contributed by atoms with E-state index in [-0.39, 0.29) is 12.1 Å². The van der Waals surface area contributed by atoms with E-state index in [1.165, 1.54) is 6.07 Å². The van der Waals surface area contributed by atoms with Crippen molar-refractivity contribution in [1.82, 2.24) is 9.99 Å². The number of nitro benzene ring substituents is 1. The number of carbonyl (C=O) groups excluding carboxylic acids is 1. The van der Waals surface area contributed by atoms with Crippen LogP contribution in [0.25, 0.3) is 10.9 Å². The molecule has 8 heteroatoms. The zero-order valence-corrected chi connectivity index (χ0v) is 17.7. The first-order valence-corrected chi connectivity index (χ1v) is 10.3. The van der Waals surface area contributed by atoms with E-state index >= 15 is 0 Å². The average Bonchev–Trinajstić information content (AvgIpc) is 3.13. The lowest BCUT2D eigenvalue weighted by molar-refractivity contribution is -0.385. The van der Waals surface area contributed by atoms with Gasteiger partial charge in [0.25, 0.3) is 5.69 Å². The van der Waals surface area contributed by atoms with Crippen LogP contribution in [0, 0.1) is 10.1 Å². The molecule has 0 saturated carbocycles. The number of nitrogens with one attached hydrogen (secondary N) is 1. The molecule has 0 radical (unpaired) electrons. The maximum Gasteiger partial charge on any atom is 0.273 e. The molecule has 0 fully saturated rings. The average molecular weight is 447 g/mol. The highest BCUT2D eigenvalue weighted by Gasteiger charge is 2.15. The summed E-state index contributed by atoms with van der Waals surface area (Å²) >= 11 is 6.32. The predicted molar refractivity (Wildman–Crippen MR) is 125 cm³/mol. The van der Waals surface area contributed by atoms with Crippen LogP contribution in [0.5, 0.6) is 0 Å². The number of para-hydroxylation sites is 2. The van der Waals surface area contributed by atoms with Gasteiger partial charge in [-0.15, -0.1) is 0 Å². The quantitative estimate of drug-likeness (QED) is 0.247. The molecule has 0 unspecified atom stereocenters. The van der Waals surface area contributed by atoms with Crippen LogP contribution < -0.4 is 5.43 Å². The van der Waals surface area contributed by atoms with Crippen molar-refractivity contribution in [1.29, 1.82) is 0 Å². The number of amides is 1. The van der Waals surface area contributed by atoms with Crippen molar-refractivity contribution in [3.05, 3.63) is 111 Å². The van der Waals surface area contributed by atoms with Crippen molar-refractivity contribution in [3.8, 4) is 0 Å². The molecule has 0 atom stereocenters. The van der Waals surface area contributed by atoms with Gasteiger partial charge in [-0.25, -0.2) is 5.43 Å². The van der Waals surface area contributed by atoms with E-state index in [1.807, 2.05) is 54.7 Å². The van der Waals surface area contributed by atoms with Crippen molar-refractivity contribution >= 4 is 40.3 Å². The summed E-state index contributed by atoms with van der Waals surface area (Å²) in [6.07, 6.45) is 3.39. The summed E-state index contributed by atoms with van der Waals surface area (Å²) < 4.78 is 2.08. The molecule has 0 aliphatic heterocycles. The molecule has 3 aromatic carbocycles. The zero-order valence-electron chi connectivity index (χ0n) is 16.9. The number of nitro groups is 1. The molecular weight excluding hydrogens is 428 g/mol. The van der Waals surface area contributed by atoms with Gasteiger partial charge in [0.1, 0.15) is 0 Å². The molecule has 7 nitrogen and oxygen atoms in total. The minimum absolute atomic E-state index is 0.0886. The number of halogens is 1. The van der Waals surface area contributed by atoms with Gasteiger partial charge in [0.15, 0.2) is 0 Å². The Morgan fingerprint density at radius 3 is 2.50 bits per heavy atom. The van der Waals surface area contributed by atoms with Gasteiger partial charge >= 0.3 is 0 Å². The van der Waals surface area contributed by atoms with Crippen LogP contribution in [0.15, 0.2) is 84.1 Å². The number of hydrogen-bond donors (Lipinski definition) is 1. The Labute approximate surface area is 189 Å². The summed E-state index contributed by atoms with van der Waals surface area (Å²) in [6, 6.07) is 21.7. The van der Waals surface area contributed by atoms with Crippen LogP contribution in [0.4, 0.5) is 5.69 Å². The van der Waals surface area contributed by atoms with Gasteiger partial charge in [-0.3, -0.25) is 14.9 Å². The molecule has 0 spiro atoms. The Morgan fingerprint density at radius 2 is 1.72 bits per heavy atom. The first-order valence-electron chi connectivity index (χ1n) is 9.88. The largest absolute Gasteiger partial charge is 0.342 e. The van der Waals surface area contributed by atoms with Gasteiger partial charge in [-0.1, -0.05) is 66.2 Å². The van der Waals surface area contributed by atoms with E-state index in [4.69, 9.17) is 11.6 Å². The predicted octanol–water partition coefficient (Wildman–Crippen LogP) is 4.94. The van der Waals surface area contributed by atoms with Crippen LogP contribution >= 0.6 is 11.6 Å². The Morgan fingerprint density at radius 1 is 1.03 bits per heavy atom. The van der Waals surface area contributed by atoms with E-state index in [9.17, 15) is 14.9 Å². The molecule has 1 amide bonds. The minimum Gasteiger partial charge on any atom is -0.342 e. The molecule has 4 aromatic rings. The van der Waals surface area contributed by atoms with E-state index in [1.54, 1.807) is 24.4 Å². The number of benzene rings is 3. The lowest BCUT2D eigenvalue weighted by atomic mass is 10.1. The lowest BCUT2D eigenvalue weighted by Crippen LogP contribution is -2.20. The molecule has 1 N–H and O–H groups in total. The van der Waals surface area contributed by atoms with Crippen molar-refractivity contribution in [2.45, 2.75) is 13.0 Å². The van der Waals surface area contributed by atoms with E-state index in [2.05, 4.69) is 15.1 Å². The van der Waals surface area contributed by atoms with Crippen molar-refractivity contribution in [3.63, 3.8) is 0 Å². The molecule has 1 heterocycles. The number of aromatic nitrogens is 1.